The van der Waals surface area contributed by atoms with Gasteiger partial charge in [0.2, 0.25) is 0 Å². The average Bonchev–Trinajstić information content (AvgIpc) is 3.46. The number of aromatic nitrogens is 2. The number of hydrogen-bond acceptors (Lipinski definition) is 6. The number of guanidine groups is 1. The minimum atomic E-state index is -1.08. The fourth-order valence-electron chi connectivity index (χ4n) is 6.28. The number of fused-ring (bicyclic) bond motifs is 1. The van der Waals surface area contributed by atoms with Gasteiger partial charge >= 0.3 is 5.97 Å². The summed E-state index contributed by atoms with van der Waals surface area (Å²) in [6.45, 7) is 4.36. The standard InChI is InChI=1S/C36H38ClF3N6O3S/c1-20-16-22(8-13-26(20)37)36(2)14-4-6-29-31(36)46(24-11-9-23(38)10-12-24)35(45-29)50-19-25-27(39)17-21(18-28(25)40)32(47)44-30(33(48)49-3)7-5-15-43-34(41)42/h8-13,16-18,30H,4-7,14-15,19H2,1-3H3,(H,44,47)(H4,41,42,43)/t30-,36?/m0/s1. The lowest BCUT2D eigenvalue weighted by Crippen LogP contribution is -2.42. The molecule has 0 saturated carbocycles. The highest BCUT2D eigenvalue weighted by Crippen LogP contribution is 2.46. The number of amides is 1. The lowest BCUT2D eigenvalue weighted by molar-refractivity contribution is -0.143. The third-order valence-corrected chi connectivity index (χ3v) is 10.3. The molecule has 1 aromatic heterocycles. The molecule has 0 radical (unpaired) electrons. The number of methoxy groups -OCH3 is 1. The number of halogens is 4. The van der Waals surface area contributed by atoms with E-state index < -0.39 is 40.8 Å². The van der Waals surface area contributed by atoms with Crippen LogP contribution in [0.4, 0.5) is 13.2 Å². The predicted molar refractivity (Wildman–Crippen MR) is 187 cm³/mol. The average molecular weight is 727 g/mol. The van der Waals surface area contributed by atoms with E-state index in [-0.39, 0.29) is 35.8 Å². The maximum Gasteiger partial charge on any atom is 0.328 e. The first kappa shape index (κ1) is 36.8. The zero-order chi connectivity index (χ0) is 36.2. The molecule has 0 bridgehead atoms. The van der Waals surface area contributed by atoms with Crippen LogP contribution in [0.3, 0.4) is 0 Å². The molecule has 9 nitrogen and oxygen atoms in total. The molecule has 1 aliphatic rings. The van der Waals surface area contributed by atoms with Gasteiger partial charge in [-0.2, -0.15) is 0 Å². The first-order chi connectivity index (χ1) is 23.8. The van der Waals surface area contributed by atoms with Crippen molar-refractivity contribution in [1.82, 2.24) is 20.2 Å². The van der Waals surface area contributed by atoms with Crippen LogP contribution in [-0.2, 0) is 27.1 Å². The quantitative estimate of drug-likeness (QED) is 0.0419. The monoisotopic (exact) mass is 726 g/mol. The molecule has 0 fully saturated rings. The molecule has 1 amide bonds. The fourth-order valence-corrected chi connectivity index (χ4v) is 7.44. The first-order valence-electron chi connectivity index (χ1n) is 16.0. The normalized spacial score (nSPS) is 16.0. The minimum absolute atomic E-state index is 0.139. The van der Waals surface area contributed by atoms with Gasteiger partial charge in [-0.15, -0.1) is 0 Å². The molecular weight excluding hydrogens is 689 g/mol. The highest BCUT2D eigenvalue weighted by atomic mass is 35.5. The van der Waals surface area contributed by atoms with Crippen LogP contribution >= 0.6 is 23.4 Å². The van der Waals surface area contributed by atoms with Crippen LogP contribution in [0, 0.1) is 29.8 Å². The molecule has 2 atom stereocenters. The lowest BCUT2D eigenvalue weighted by atomic mass is 9.71. The van der Waals surface area contributed by atoms with Crippen LogP contribution in [-0.4, -0.2) is 47.1 Å². The third-order valence-electron chi connectivity index (χ3n) is 8.94. The third kappa shape index (κ3) is 7.94. The molecule has 50 heavy (non-hydrogen) atoms. The summed E-state index contributed by atoms with van der Waals surface area (Å²) in [5.41, 5.74) is 8.64. The number of nitrogens with two attached hydrogens (primary N) is 1. The van der Waals surface area contributed by atoms with Crippen LogP contribution in [0.1, 0.15) is 71.0 Å². The maximum atomic E-state index is 15.5. The Morgan fingerprint density at radius 1 is 1.14 bits per heavy atom. The molecule has 5 rings (SSSR count). The summed E-state index contributed by atoms with van der Waals surface area (Å²) < 4.78 is 51.8. The largest absolute Gasteiger partial charge is 0.467 e. The Morgan fingerprint density at radius 3 is 2.48 bits per heavy atom. The van der Waals surface area contributed by atoms with E-state index in [0.717, 1.165) is 66.4 Å². The van der Waals surface area contributed by atoms with Crippen molar-refractivity contribution in [3.05, 3.63) is 111 Å². The minimum Gasteiger partial charge on any atom is -0.467 e. The summed E-state index contributed by atoms with van der Waals surface area (Å²) >= 11 is 7.50. The molecule has 1 unspecified atom stereocenters. The molecule has 1 heterocycles. The van der Waals surface area contributed by atoms with Gasteiger partial charge in [0, 0.05) is 39.5 Å². The van der Waals surface area contributed by atoms with Crippen molar-refractivity contribution in [2.45, 2.75) is 68.3 Å². The van der Waals surface area contributed by atoms with E-state index >= 15 is 8.78 Å². The number of imidazole rings is 1. The second-order valence-electron chi connectivity index (χ2n) is 12.4. The second kappa shape index (κ2) is 15.6. The molecule has 0 saturated heterocycles. The number of esters is 1. The Bertz CT molecular complexity index is 1900. The van der Waals surface area contributed by atoms with Crippen LogP contribution in [0.15, 0.2) is 59.8 Å². The summed E-state index contributed by atoms with van der Waals surface area (Å²) in [5.74, 6) is -4.24. The van der Waals surface area contributed by atoms with Crippen molar-refractivity contribution in [1.29, 1.82) is 5.41 Å². The van der Waals surface area contributed by atoms with Gasteiger partial charge in [-0.1, -0.05) is 35.5 Å². The van der Waals surface area contributed by atoms with Crippen molar-refractivity contribution in [2.24, 2.45) is 5.73 Å². The molecule has 4 aromatic rings. The number of ether oxygens (including phenoxy) is 1. The molecule has 0 aliphatic heterocycles. The number of hydrogen-bond donors (Lipinski definition) is 4. The summed E-state index contributed by atoms with van der Waals surface area (Å²) in [4.78, 5) is 30.2. The number of nitrogens with zero attached hydrogens (tertiary/aromatic N) is 2. The van der Waals surface area contributed by atoms with Crippen molar-refractivity contribution >= 4 is 41.2 Å². The number of carbonyl (C=O) groups excluding carboxylic acids is 2. The number of carbonyl (C=O) groups is 2. The second-order valence-corrected chi connectivity index (χ2v) is 13.7. The van der Waals surface area contributed by atoms with Crippen LogP contribution < -0.4 is 16.4 Å². The predicted octanol–water partition coefficient (Wildman–Crippen LogP) is 6.72. The molecule has 14 heteroatoms. The van der Waals surface area contributed by atoms with Gasteiger partial charge in [-0.3, -0.25) is 14.8 Å². The molecule has 264 valence electrons. The number of thioether (sulfide) groups is 1. The van der Waals surface area contributed by atoms with Gasteiger partial charge in [0.25, 0.3) is 5.91 Å². The summed E-state index contributed by atoms with van der Waals surface area (Å²) in [6, 6.07) is 12.7. The van der Waals surface area contributed by atoms with Crippen LogP contribution in [0.25, 0.3) is 5.69 Å². The van der Waals surface area contributed by atoms with E-state index in [1.807, 2.05) is 23.6 Å². The molecule has 0 spiro atoms. The van der Waals surface area contributed by atoms with E-state index in [2.05, 4.69) is 23.6 Å². The van der Waals surface area contributed by atoms with E-state index in [0.29, 0.717) is 28.7 Å². The summed E-state index contributed by atoms with van der Waals surface area (Å²) in [7, 11) is 1.16. The Hall–Kier alpha value is -4.49. The molecule has 3 aromatic carbocycles. The summed E-state index contributed by atoms with van der Waals surface area (Å²) in [5, 5.41) is 13.4. The SMILES string of the molecule is COC(=O)[C@H](CCCNC(=N)N)NC(=O)c1cc(F)c(CSc2nc3c(n2-c2ccc(F)cc2)C(C)(c2ccc(Cl)c(C)c2)CCC3)c(F)c1. The van der Waals surface area contributed by atoms with E-state index in [1.54, 1.807) is 12.1 Å². The lowest BCUT2D eigenvalue weighted by Gasteiger charge is -2.36. The van der Waals surface area contributed by atoms with Crippen LogP contribution in [0.5, 0.6) is 0 Å². The topological polar surface area (TPSA) is 135 Å². The maximum absolute atomic E-state index is 15.5. The van der Waals surface area contributed by atoms with Gasteiger partial charge in [0.15, 0.2) is 11.1 Å². The number of rotatable bonds is 12. The van der Waals surface area contributed by atoms with Crippen LogP contribution in [0.2, 0.25) is 5.02 Å². The molecular formula is C36H38ClF3N6O3S. The Kier molecular flexibility index (Phi) is 11.5. The van der Waals surface area contributed by atoms with Gasteiger partial charge in [0.05, 0.1) is 18.5 Å². The van der Waals surface area contributed by atoms with E-state index in [1.165, 1.54) is 12.1 Å². The van der Waals surface area contributed by atoms with Crippen molar-refractivity contribution < 1.29 is 27.5 Å². The van der Waals surface area contributed by atoms with E-state index in [9.17, 15) is 14.0 Å². The number of benzene rings is 3. The summed E-state index contributed by atoms with van der Waals surface area (Å²) in [6.07, 6.45) is 2.88. The van der Waals surface area contributed by atoms with Crippen molar-refractivity contribution in [3.63, 3.8) is 0 Å². The Balaban J connectivity index is 1.43. The first-order valence-corrected chi connectivity index (χ1v) is 17.4. The fraction of sp³-hybridized carbons (Fsp3) is 0.333. The Labute approximate surface area is 297 Å². The van der Waals surface area contributed by atoms with Gasteiger partial charge < -0.3 is 21.1 Å². The highest BCUT2D eigenvalue weighted by Gasteiger charge is 2.40. The smallest absolute Gasteiger partial charge is 0.328 e. The van der Waals surface area contributed by atoms with Crippen molar-refractivity contribution in [2.75, 3.05) is 13.7 Å². The molecule has 5 N–H and O–H groups in total. The van der Waals surface area contributed by atoms with Crippen molar-refractivity contribution in [3.8, 4) is 5.69 Å². The van der Waals surface area contributed by atoms with Gasteiger partial charge in [-0.25, -0.2) is 22.9 Å². The number of nitrogens with one attached hydrogen (secondary N) is 3. The van der Waals surface area contributed by atoms with Gasteiger partial charge in [0.1, 0.15) is 23.5 Å². The molecule has 1 aliphatic carbocycles. The number of aryl methyl sites for hydroxylation is 2. The zero-order valence-electron chi connectivity index (χ0n) is 27.8. The Morgan fingerprint density at radius 2 is 1.84 bits per heavy atom. The highest BCUT2D eigenvalue weighted by molar-refractivity contribution is 7.98. The zero-order valence-corrected chi connectivity index (χ0v) is 29.4. The van der Waals surface area contributed by atoms with Gasteiger partial charge in [-0.05, 0) is 99.5 Å². The van der Waals surface area contributed by atoms with E-state index in [4.69, 9.17) is 32.5 Å².